The summed E-state index contributed by atoms with van der Waals surface area (Å²) >= 11 is 0. The molecule has 0 spiro atoms. The minimum absolute atomic E-state index is 0.356. The first-order valence-corrected chi connectivity index (χ1v) is 4.09. The second kappa shape index (κ2) is 2.90. The van der Waals surface area contributed by atoms with Crippen molar-refractivity contribution < 1.29 is 4.42 Å². The molecule has 0 saturated heterocycles. The van der Waals surface area contributed by atoms with Crippen LogP contribution >= 0.6 is 0 Å². The van der Waals surface area contributed by atoms with Gasteiger partial charge in [0.05, 0.1) is 11.1 Å². The third kappa shape index (κ3) is 1.12. The zero-order valence-electron chi connectivity index (χ0n) is 7.53. The van der Waals surface area contributed by atoms with Gasteiger partial charge in [-0.3, -0.25) is 0 Å². The molecule has 0 atom stereocenters. The zero-order chi connectivity index (χ0) is 10.1. The van der Waals surface area contributed by atoms with E-state index < -0.39 is 0 Å². The Kier molecular flexibility index (Phi) is 1.73. The normalized spacial score (nSPS) is 9.64. The fourth-order valence-corrected chi connectivity index (χ4v) is 1.40. The molecule has 0 saturated carbocycles. The van der Waals surface area contributed by atoms with Crippen LogP contribution in [0.1, 0.15) is 16.9 Å². The molecular formula is C11H6N2O. The van der Waals surface area contributed by atoms with Crippen LogP contribution in [-0.2, 0) is 0 Å². The maximum absolute atomic E-state index is 8.78. The minimum atomic E-state index is 0.356. The highest BCUT2D eigenvalue weighted by atomic mass is 16.3. The molecule has 1 aromatic carbocycles. The van der Waals surface area contributed by atoms with E-state index in [4.69, 9.17) is 14.9 Å². The summed E-state index contributed by atoms with van der Waals surface area (Å²) in [4.78, 5) is 0. The SMILES string of the molecule is Cc1cc2cc(C#N)c(C#N)cc2o1. The summed E-state index contributed by atoms with van der Waals surface area (Å²) in [6.45, 7) is 1.83. The quantitative estimate of drug-likeness (QED) is 0.628. The van der Waals surface area contributed by atoms with E-state index in [1.165, 1.54) is 0 Å². The van der Waals surface area contributed by atoms with Crippen molar-refractivity contribution in [3.63, 3.8) is 0 Å². The van der Waals surface area contributed by atoms with Gasteiger partial charge in [-0.15, -0.1) is 0 Å². The Hall–Kier alpha value is -2.26. The van der Waals surface area contributed by atoms with Crippen LogP contribution in [0.2, 0.25) is 0 Å². The summed E-state index contributed by atoms with van der Waals surface area (Å²) in [5, 5.41) is 18.4. The van der Waals surface area contributed by atoms with Crippen LogP contribution in [0.15, 0.2) is 22.6 Å². The van der Waals surface area contributed by atoms with Gasteiger partial charge < -0.3 is 4.42 Å². The van der Waals surface area contributed by atoms with Gasteiger partial charge in [0.1, 0.15) is 23.5 Å². The van der Waals surface area contributed by atoms with Gasteiger partial charge in [-0.25, -0.2) is 0 Å². The van der Waals surface area contributed by atoms with Crippen molar-refractivity contribution in [1.82, 2.24) is 0 Å². The Bertz CT molecular complexity index is 531. The van der Waals surface area contributed by atoms with Crippen LogP contribution in [0.25, 0.3) is 11.0 Å². The van der Waals surface area contributed by atoms with Gasteiger partial charge >= 0.3 is 0 Å². The highest BCUT2D eigenvalue weighted by molar-refractivity contribution is 5.81. The Morgan fingerprint density at radius 2 is 1.71 bits per heavy atom. The number of hydrogen-bond acceptors (Lipinski definition) is 3. The van der Waals surface area contributed by atoms with Gasteiger partial charge in [0, 0.05) is 11.5 Å². The second-order valence-corrected chi connectivity index (χ2v) is 3.02. The molecule has 1 aromatic heterocycles. The van der Waals surface area contributed by atoms with Crippen LogP contribution < -0.4 is 0 Å². The maximum Gasteiger partial charge on any atom is 0.135 e. The van der Waals surface area contributed by atoms with Crippen LogP contribution in [0.5, 0.6) is 0 Å². The molecule has 0 aliphatic rings. The lowest BCUT2D eigenvalue weighted by Crippen LogP contribution is -1.81. The molecule has 3 heteroatoms. The van der Waals surface area contributed by atoms with E-state index in [-0.39, 0.29) is 0 Å². The van der Waals surface area contributed by atoms with Crippen LogP contribution in [-0.4, -0.2) is 0 Å². The number of furan rings is 1. The predicted octanol–water partition coefficient (Wildman–Crippen LogP) is 2.48. The number of hydrogen-bond donors (Lipinski definition) is 0. The largest absolute Gasteiger partial charge is 0.461 e. The Labute approximate surface area is 80.8 Å². The van der Waals surface area contributed by atoms with Crippen molar-refractivity contribution in [1.29, 1.82) is 10.5 Å². The standard InChI is InChI=1S/C11H6N2O/c1-7-2-8-3-9(5-12)10(6-13)4-11(8)14-7/h2-4H,1H3. The molecule has 66 valence electrons. The molecule has 0 aliphatic heterocycles. The van der Waals surface area contributed by atoms with Crippen molar-refractivity contribution in [2.24, 2.45) is 0 Å². The smallest absolute Gasteiger partial charge is 0.135 e. The van der Waals surface area contributed by atoms with Crippen molar-refractivity contribution in [2.45, 2.75) is 6.92 Å². The monoisotopic (exact) mass is 182 g/mol. The molecule has 2 rings (SSSR count). The van der Waals surface area contributed by atoms with Crippen molar-refractivity contribution >= 4 is 11.0 Å². The first-order valence-electron chi connectivity index (χ1n) is 4.09. The van der Waals surface area contributed by atoms with Gasteiger partial charge in [0.15, 0.2) is 0 Å². The number of fused-ring (bicyclic) bond motifs is 1. The lowest BCUT2D eigenvalue weighted by atomic mass is 10.1. The summed E-state index contributed by atoms with van der Waals surface area (Å²) in [7, 11) is 0. The summed E-state index contributed by atoms with van der Waals surface area (Å²) in [6.07, 6.45) is 0. The molecule has 0 fully saturated rings. The molecule has 1 heterocycles. The van der Waals surface area contributed by atoms with Gasteiger partial charge in [-0.2, -0.15) is 10.5 Å². The molecule has 0 unspecified atom stereocenters. The third-order valence-electron chi connectivity index (χ3n) is 2.02. The van der Waals surface area contributed by atoms with Crippen LogP contribution in [0.4, 0.5) is 0 Å². The molecule has 0 amide bonds. The van der Waals surface area contributed by atoms with Crippen molar-refractivity contribution in [3.05, 3.63) is 35.1 Å². The summed E-state index contributed by atoms with van der Waals surface area (Å²) in [6, 6.07) is 9.06. The molecule has 3 nitrogen and oxygen atoms in total. The van der Waals surface area contributed by atoms with E-state index in [1.807, 2.05) is 25.1 Å². The molecular weight excluding hydrogens is 176 g/mol. The van der Waals surface area contributed by atoms with Crippen LogP contribution in [0, 0.1) is 29.6 Å². The minimum Gasteiger partial charge on any atom is -0.461 e. The van der Waals surface area contributed by atoms with E-state index in [9.17, 15) is 0 Å². The van der Waals surface area contributed by atoms with E-state index >= 15 is 0 Å². The molecule has 2 aromatic rings. The average Bonchev–Trinajstić information content (AvgIpc) is 2.54. The maximum atomic E-state index is 8.78. The predicted molar refractivity (Wildman–Crippen MR) is 50.4 cm³/mol. The van der Waals surface area contributed by atoms with Crippen molar-refractivity contribution in [3.8, 4) is 12.1 Å². The van der Waals surface area contributed by atoms with Gasteiger partial charge in [0.25, 0.3) is 0 Å². The fraction of sp³-hybridized carbons (Fsp3) is 0.0909. The molecule has 0 radical (unpaired) electrons. The number of aryl methyl sites for hydroxylation is 1. The topological polar surface area (TPSA) is 60.7 Å². The van der Waals surface area contributed by atoms with Gasteiger partial charge in [-0.05, 0) is 19.1 Å². The summed E-state index contributed by atoms with van der Waals surface area (Å²) < 4.78 is 5.35. The molecule has 0 N–H and O–H groups in total. The Balaban J connectivity index is 2.84. The Morgan fingerprint density at radius 3 is 2.36 bits per heavy atom. The molecule has 14 heavy (non-hydrogen) atoms. The number of benzene rings is 1. The van der Waals surface area contributed by atoms with E-state index in [2.05, 4.69) is 0 Å². The fourth-order valence-electron chi connectivity index (χ4n) is 1.40. The number of nitriles is 2. The van der Waals surface area contributed by atoms with E-state index in [0.717, 1.165) is 11.1 Å². The summed E-state index contributed by atoms with van der Waals surface area (Å²) in [5.41, 5.74) is 1.40. The zero-order valence-corrected chi connectivity index (χ0v) is 7.53. The van der Waals surface area contributed by atoms with Gasteiger partial charge in [0.2, 0.25) is 0 Å². The summed E-state index contributed by atoms with van der Waals surface area (Å²) in [5.74, 6) is 0.777. The van der Waals surface area contributed by atoms with E-state index in [1.54, 1.807) is 12.1 Å². The van der Waals surface area contributed by atoms with Crippen molar-refractivity contribution in [2.75, 3.05) is 0 Å². The lowest BCUT2D eigenvalue weighted by molar-refractivity contribution is 0.578. The molecule has 0 aliphatic carbocycles. The lowest BCUT2D eigenvalue weighted by Gasteiger charge is -1.92. The van der Waals surface area contributed by atoms with Crippen LogP contribution in [0.3, 0.4) is 0 Å². The number of nitrogens with zero attached hydrogens (tertiary/aromatic N) is 2. The second-order valence-electron chi connectivity index (χ2n) is 3.02. The highest BCUT2D eigenvalue weighted by Gasteiger charge is 2.07. The third-order valence-corrected chi connectivity index (χ3v) is 2.02. The first kappa shape index (κ1) is 8.34. The first-order chi connectivity index (χ1) is 6.74. The molecule has 0 bridgehead atoms. The van der Waals surface area contributed by atoms with Gasteiger partial charge in [-0.1, -0.05) is 0 Å². The highest BCUT2D eigenvalue weighted by Crippen LogP contribution is 2.22. The Morgan fingerprint density at radius 1 is 1.07 bits per heavy atom. The average molecular weight is 182 g/mol. The van der Waals surface area contributed by atoms with E-state index in [0.29, 0.717) is 16.7 Å². The number of rotatable bonds is 0.